The second-order valence-electron chi connectivity index (χ2n) is 9.24. The van der Waals surface area contributed by atoms with Gasteiger partial charge in [0, 0.05) is 25.0 Å². The molecule has 220 valence electrons. The second-order valence-corrected chi connectivity index (χ2v) is 9.24. The van der Waals surface area contributed by atoms with Gasteiger partial charge in [0.1, 0.15) is 11.4 Å². The first-order valence-corrected chi connectivity index (χ1v) is 12.5. The van der Waals surface area contributed by atoms with Crippen LogP contribution in [0.2, 0.25) is 0 Å². The van der Waals surface area contributed by atoms with Crippen LogP contribution in [0, 0.1) is 5.82 Å². The van der Waals surface area contributed by atoms with Crippen molar-refractivity contribution in [1.29, 1.82) is 0 Å². The van der Waals surface area contributed by atoms with Crippen molar-refractivity contribution in [2.45, 2.75) is 38.2 Å². The van der Waals surface area contributed by atoms with E-state index in [1.807, 2.05) is 0 Å². The quantitative estimate of drug-likeness (QED) is 0.230. The number of aromatic nitrogens is 6. The van der Waals surface area contributed by atoms with E-state index in [1.54, 1.807) is 35.6 Å². The zero-order valence-corrected chi connectivity index (χ0v) is 21.4. The van der Waals surface area contributed by atoms with E-state index in [0.717, 1.165) is 12.3 Å². The maximum Gasteiger partial charge on any atom is 0.423 e. The molecule has 1 aromatic carbocycles. The molecule has 0 radical (unpaired) electrons. The lowest BCUT2D eigenvalue weighted by molar-refractivity contribution is -0.138. The average molecular weight is 593 g/mol. The average Bonchev–Trinajstić information content (AvgIpc) is 3.36. The van der Waals surface area contributed by atoms with E-state index < -0.39 is 53.6 Å². The first-order chi connectivity index (χ1) is 20.0. The fourth-order valence-electron chi connectivity index (χ4n) is 4.50. The maximum absolute atomic E-state index is 15.1. The van der Waals surface area contributed by atoms with Crippen molar-refractivity contribution in [3.63, 3.8) is 0 Å². The molecule has 5 rings (SSSR count). The molecule has 0 unspecified atom stereocenters. The number of halogens is 6. The number of aromatic amines is 1. The minimum absolute atomic E-state index is 0.0265. The molecule has 0 aliphatic rings. The van der Waals surface area contributed by atoms with Gasteiger partial charge in [0.25, 0.3) is 11.1 Å². The topological polar surface area (TPSA) is 119 Å². The number of nitrogens with one attached hydrogen (secondary N) is 2. The molecule has 0 saturated heterocycles. The van der Waals surface area contributed by atoms with Gasteiger partial charge in [-0.3, -0.25) is 9.59 Å². The van der Waals surface area contributed by atoms with Gasteiger partial charge >= 0.3 is 12.8 Å². The van der Waals surface area contributed by atoms with Crippen LogP contribution < -0.4 is 16.4 Å². The molecule has 2 N–H and O–H groups in total. The van der Waals surface area contributed by atoms with Crippen LogP contribution in [0.25, 0.3) is 27.8 Å². The molecule has 10 nitrogen and oxygen atoms in total. The number of ether oxygens (including phenoxy) is 1. The number of benzene rings is 1. The smallest absolute Gasteiger partial charge is 0.378 e. The summed E-state index contributed by atoms with van der Waals surface area (Å²) < 4.78 is 87.7. The summed E-state index contributed by atoms with van der Waals surface area (Å²) in [6.07, 6.45) is -1.11. The SMILES string of the molecule is O=c1[nH]ncc(N[C@H](CCCn2ccc3cc(-c4nc5ccccn5n4)c(F)cc3c2=O)COC(F)F)c1C(F)(F)F. The van der Waals surface area contributed by atoms with E-state index in [2.05, 4.69) is 25.2 Å². The van der Waals surface area contributed by atoms with Crippen LogP contribution in [0.5, 0.6) is 0 Å². The molecule has 0 spiro atoms. The highest BCUT2D eigenvalue weighted by Crippen LogP contribution is 2.32. The lowest BCUT2D eigenvalue weighted by atomic mass is 10.1. The molecular formula is C26H21F6N7O3. The van der Waals surface area contributed by atoms with Crippen molar-refractivity contribution in [3.8, 4) is 11.4 Å². The van der Waals surface area contributed by atoms with Gasteiger partial charge in [-0.25, -0.2) is 19.0 Å². The van der Waals surface area contributed by atoms with Gasteiger partial charge in [0.05, 0.1) is 29.4 Å². The third kappa shape index (κ3) is 6.12. The van der Waals surface area contributed by atoms with E-state index >= 15 is 4.39 Å². The fraction of sp³-hybridized carbons (Fsp3) is 0.269. The van der Waals surface area contributed by atoms with Crippen molar-refractivity contribution >= 4 is 22.1 Å². The molecule has 0 bridgehead atoms. The molecule has 0 fully saturated rings. The Morgan fingerprint density at radius 1 is 1.10 bits per heavy atom. The normalized spacial score (nSPS) is 12.8. The largest absolute Gasteiger partial charge is 0.423 e. The number of hydrogen-bond donors (Lipinski definition) is 2. The monoisotopic (exact) mass is 593 g/mol. The highest BCUT2D eigenvalue weighted by Gasteiger charge is 2.37. The van der Waals surface area contributed by atoms with Crippen LogP contribution in [0.15, 0.2) is 64.6 Å². The molecule has 0 amide bonds. The molecule has 42 heavy (non-hydrogen) atoms. The number of hydrogen-bond acceptors (Lipinski definition) is 7. The van der Waals surface area contributed by atoms with Gasteiger partial charge in [-0.1, -0.05) is 6.07 Å². The van der Waals surface area contributed by atoms with Crippen molar-refractivity contribution in [3.05, 3.63) is 87.1 Å². The number of aryl methyl sites for hydroxylation is 1. The van der Waals surface area contributed by atoms with Crippen molar-refractivity contribution in [2.75, 3.05) is 11.9 Å². The third-order valence-electron chi connectivity index (χ3n) is 6.42. The highest BCUT2D eigenvalue weighted by molar-refractivity contribution is 5.86. The van der Waals surface area contributed by atoms with Crippen LogP contribution in [0.1, 0.15) is 18.4 Å². The van der Waals surface area contributed by atoms with Crippen LogP contribution in [-0.2, 0) is 17.5 Å². The first-order valence-electron chi connectivity index (χ1n) is 12.5. The van der Waals surface area contributed by atoms with Crippen LogP contribution in [-0.4, -0.2) is 48.6 Å². The van der Waals surface area contributed by atoms with E-state index in [0.29, 0.717) is 11.0 Å². The van der Waals surface area contributed by atoms with Crippen LogP contribution in [0.4, 0.5) is 32.0 Å². The van der Waals surface area contributed by atoms with Crippen molar-refractivity contribution < 1.29 is 31.1 Å². The Labute approximate surface area is 231 Å². The summed E-state index contributed by atoms with van der Waals surface area (Å²) in [5, 5.41) is 12.2. The van der Waals surface area contributed by atoms with E-state index in [9.17, 15) is 31.5 Å². The van der Waals surface area contributed by atoms with Crippen LogP contribution >= 0.6 is 0 Å². The number of pyridine rings is 2. The lowest BCUT2D eigenvalue weighted by Crippen LogP contribution is -2.32. The molecule has 5 aromatic rings. The van der Waals surface area contributed by atoms with Crippen molar-refractivity contribution in [2.24, 2.45) is 0 Å². The Bertz CT molecular complexity index is 1820. The molecule has 4 heterocycles. The molecular weight excluding hydrogens is 572 g/mol. The minimum atomic E-state index is -5.04. The molecule has 0 aliphatic heterocycles. The van der Waals surface area contributed by atoms with Gasteiger partial charge in [-0.15, -0.1) is 5.10 Å². The van der Waals surface area contributed by atoms with Crippen molar-refractivity contribution in [1.82, 2.24) is 29.4 Å². The predicted octanol–water partition coefficient (Wildman–Crippen LogP) is 4.45. The summed E-state index contributed by atoms with van der Waals surface area (Å²) in [6.45, 7) is -3.86. The van der Waals surface area contributed by atoms with E-state index in [-0.39, 0.29) is 36.2 Å². The summed E-state index contributed by atoms with van der Waals surface area (Å²) in [7, 11) is 0. The zero-order chi connectivity index (χ0) is 30.0. The number of nitrogens with zero attached hydrogens (tertiary/aromatic N) is 5. The summed E-state index contributed by atoms with van der Waals surface area (Å²) in [5.74, 6) is -0.577. The Balaban J connectivity index is 1.34. The zero-order valence-electron chi connectivity index (χ0n) is 21.4. The number of alkyl halides is 5. The summed E-state index contributed by atoms with van der Waals surface area (Å²) >= 11 is 0. The first kappa shape index (κ1) is 28.8. The van der Waals surface area contributed by atoms with Crippen LogP contribution in [0.3, 0.4) is 0 Å². The van der Waals surface area contributed by atoms with Gasteiger partial charge in [0.2, 0.25) is 0 Å². The van der Waals surface area contributed by atoms with E-state index in [1.165, 1.54) is 21.3 Å². The molecule has 4 aromatic heterocycles. The number of H-pyrrole nitrogens is 1. The highest BCUT2D eigenvalue weighted by atomic mass is 19.4. The Morgan fingerprint density at radius 2 is 1.90 bits per heavy atom. The molecule has 0 saturated carbocycles. The fourth-order valence-corrected chi connectivity index (χ4v) is 4.50. The van der Waals surface area contributed by atoms with Gasteiger partial charge < -0.3 is 14.6 Å². The number of fused-ring (bicyclic) bond motifs is 2. The van der Waals surface area contributed by atoms with E-state index in [4.69, 9.17) is 0 Å². The number of rotatable bonds is 10. The predicted molar refractivity (Wildman–Crippen MR) is 139 cm³/mol. The second kappa shape index (κ2) is 11.6. The Kier molecular flexibility index (Phi) is 7.98. The third-order valence-corrected chi connectivity index (χ3v) is 6.42. The Morgan fingerprint density at radius 3 is 2.64 bits per heavy atom. The number of anilines is 1. The van der Waals surface area contributed by atoms with Gasteiger partial charge in [-0.2, -0.15) is 27.1 Å². The standard InChI is InChI=1S/C26H21F6N7O3/c27-18-11-16-14(10-17(18)22-35-20-5-1-2-8-39(20)37-22)6-9-38(24(16)41)7-3-4-15(13-42-25(28)29)34-19-12-33-36-23(40)21(19)26(30,31)32/h1-2,5-6,8-12,15,25H,3-4,7,13H2,(H2,34,36,40)/t15-/m1/s1. The molecule has 0 aliphatic carbocycles. The van der Waals surface area contributed by atoms with Gasteiger partial charge in [0.15, 0.2) is 11.5 Å². The molecule has 1 atom stereocenters. The summed E-state index contributed by atoms with van der Waals surface area (Å²) in [6, 6.07) is 8.24. The van der Waals surface area contributed by atoms with Gasteiger partial charge in [-0.05, 0) is 48.6 Å². The minimum Gasteiger partial charge on any atom is -0.378 e. The Hall–Kier alpha value is -4.73. The lowest BCUT2D eigenvalue weighted by Gasteiger charge is -2.22. The summed E-state index contributed by atoms with van der Waals surface area (Å²) in [4.78, 5) is 29.1. The molecule has 16 heteroatoms. The summed E-state index contributed by atoms with van der Waals surface area (Å²) in [5.41, 5.74) is -3.69. The maximum atomic E-state index is 15.1.